The fraction of sp³-hybridized carbons (Fsp3) is 0.300. The van der Waals surface area contributed by atoms with Crippen molar-refractivity contribution in [2.45, 2.75) is 19.8 Å². The second-order valence-corrected chi connectivity index (χ2v) is 3.32. The SMILES string of the molecule is Cc1ccc(F)c(C(C)C#N)c1Cl. The van der Waals surface area contributed by atoms with E-state index in [9.17, 15) is 4.39 Å². The minimum Gasteiger partial charge on any atom is -0.207 e. The van der Waals surface area contributed by atoms with E-state index in [1.165, 1.54) is 6.07 Å². The van der Waals surface area contributed by atoms with Crippen LogP contribution >= 0.6 is 11.6 Å². The van der Waals surface area contributed by atoms with Crippen molar-refractivity contribution in [3.8, 4) is 6.07 Å². The molecule has 1 nitrogen and oxygen atoms in total. The Morgan fingerprint density at radius 2 is 2.15 bits per heavy atom. The van der Waals surface area contributed by atoms with Crippen molar-refractivity contribution in [2.24, 2.45) is 0 Å². The zero-order valence-corrected chi connectivity index (χ0v) is 8.19. The monoisotopic (exact) mass is 197 g/mol. The first-order chi connectivity index (χ1) is 6.07. The van der Waals surface area contributed by atoms with Gasteiger partial charge in [-0.05, 0) is 25.5 Å². The quantitative estimate of drug-likeness (QED) is 0.677. The highest BCUT2D eigenvalue weighted by Gasteiger charge is 2.15. The van der Waals surface area contributed by atoms with Gasteiger partial charge in [-0.1, -0.05) is 17.7 Å². The lowest BCUT2D eigenvalue weighted by molar-refractivity contribution is 0.606. The lowest BCUT2D eigenvalue weighted by Crippen LogP contribution is -1.97. The molecule has 0 aliphatic carbocycles. The second-order valence-electron chi connectivity index (χ2n) is 2.94. The van der Waals surface area contributed by atoms with Crippen molar-refractivity contribution in [1.82, 2.24) is 0 Å². The van der Waals surface area contributed by atoms with Crippen LogP contribution in [0.2, 0.25) is 5.02 Å². The molecule has 13 heavy (non-hydrogen) atoms. The molecule has 0 fully saturated rings. The maximum Gasteiger partial charge on any atom is 0.129 e. The number of hydrogen-bond donors (Lipinski definition) is 0. The van der Waals surface area contributed by atoms with E-state index < -0.39 is 11.7 Å². The third-order valence-corrected chi connectivity index (χ3v) is 2.45. The maximum atomic E-state index is 13.2. The number of nitrogens with zero attached hydrogens (tertiary/aromatic N) is 1. The number of rotatable bonds is 1. The largest absolute Gasteiger partial charge is 0.207 e. The lowest BCUT2D eigenvalue weighted by atomic mass is 10.00. The van der Waals surface area contributed by atoms with Crippen molar-refractivity contribution in [2.75, 3.05) is 0 Å². The summed E-state index contributed by atoms with van der Waals surface area (Å²) < 4.78 is 13.2. The van der Waals surface area contributed by atoms with Gasteiger partial charge < -0.3 is 0 Å². The second kappa shape index (κ2) is 3.76. The molecule has 1 aromatic carbocycles. The van der Waals surface area contributed by atoms with E-state index in [4.69, 9.17) is 16.9 Å². The first kappa shape index (κ1) is 10.0. The molecular formula is C10H9ClFN. The molecule has 68 valence electrons. The molecule has 0 aromatic heterocycles. The van der Waals surface area contributed by atoms with Crippen molar-refractivity contribution >= 4 is 11.6 Å². The van der Waals surface area contributed by atoms with E-state index in [0.717, 1.165) is 5.56 Å². The maximum absolute atomic E-state index is 13.2. The molecule has 0 heterocycles. The molecular weight excluding hydrogens is 189 g/mol. The molecule has 0 aliphatic rings. The Kier molecular flexibility index (Phi) is 2.90. The molecule has 0 N–H and O–H groups in total. The van der Waals surface area contributed by atoms with Crippen molar-refractivity contribution in [3.05, 3.63) is 34.1 Å². The summed E-state index contributed by atoms with van der Waals surface area (Å²) in [6, 6.07) is 4.91. The standard InChI is InChI=1S/C10H9ClFN/c1-6-3-4-8(12)9(10(6)11)7(2)5-13/h3-4,7H,1-2H3. The van der Waals surface area contributed by atoms with Gasteiger partial charge in [0.1, 0.15) is 5.82 Å². The molecule has 0 amide bonds. The Labute approximate surface area is 81.8 Å². The smallest absolute Gasteiger partial charge is 0.129 e. The van der Waals surface area contributed by atoms with E-state index in [1.807, 2.05) is 6.07 Å². The van der Waals surface area contributed by atoms with Gasteiger partial charge in [0.05, 0.1) is 17.0 Å². The molecule has 0 aliphatic heterocycles. The Morgan fingerprint density at radius 1 is 1.54 bits per heavy atom. The van der Waals surface area contributed by atoms with Crippen LogP contribution in [0.5, 0.6) is 0 Å². The fourth-order valence-electron chi connectivity index (χ4n) is 1.14. The van der Waals surface area contributed by atoms with Gasteiger partial charge in [-0.15, -0.1) is 0 Å². The van der Waals surface area contributed by atoms with Gasteiger partial charge in [0, 0.05) is 5.56 Å². The summed E-state index contributed by atoms with van der Waals surface area (Å²) in [5.74, 6) is -0.919. The van der Waals surface area contributed by atoms with Crippen LogP contribution in [-0.2, 0) is 0 Å². The van der Waals surface area contributed by atoms with Crippen LogP contribution in [0, 0.1) is 24.1 Å². The number of hydrogen-bond acceptors (Lipinski definition) is 1. The van der Waals surface area contributed by atoms with E-state index >= 15 is 0 Å². The lowest BCUT2D eigenvalue weighted by Gasteiger charge is -2.09. The zero-order chi connectivity index (χ0) is 10.0. The van der Waals surface area contributed by atoms with Crippen LogP contribution in [-0.4, -0.2) is 0 Å². The number of aryl methyl sites for hydroxylation is 1. The first-order valence-corrected chi connectivity index (χ1v) is 4.29. The van der Waals surface area contributed by atoms with E-state index in [2.05, 4.69) is 0 Å². The number of halogens is 2. The normalized spacial score (nSPS) is 12.2. The summed E-state index contributed by atoms with van der Waals surface area (Å²) in [5, 5.41) is 9.01. The average Bonchev–Trinajstić information content (AvgIpc) is 2.12. The van der Waals surface area contributed by atoms with Crippen LogP contribution in [0.4, 0.5) is 4.39 Å². The highest BCUT2D eigenvalue weighted by atomic mass is 35.5. The molecule has 0 radical (unpaired) electrons. The summed E-state index contributed by atoms with van der Waals surface area (Å²) >= 11 is 5.88. The van der Waals surface area contributed by atoms with E-state index in [0.29, 0.717) is 10.6 Å². The van der Waals surface area contributed by atoms with Gasteiger partial charge in [0.25, 0.3) is 0 Å². The summed E-state index contributed by atoms with van der Waals surface area (Å²) in [5.41, 5.74) is 1.09. The third-order valence-electron chi connectivity index (χ3n) is 1.95. The Bertz CT molecular complexity index is 368. The highest BCUT2D eigenvalue weighted by molar-refractivity contribution is 6.32. The van der Waals surface area contributed by atoms with Gasteiger partial charge in [-0.25, -0.2) is 4.39 Å². The highest BCUT2D eigenvalue weighted by Crippen LogP contribution is 2.29. The van der Waals surface area contributed by atoms with Crippen molar-refractivity contribution < 1.29 is 4.39 Å². The predicted molar refractivity (Wildman–Crippen MR) is 50.2 cm³/mol. The molecule has 0 saturated carbocycles. The van der Waals surface area contributed by atoms with Gasteiger partial charge in [-0.2, -0.15) is 5.26 Å². The van der Waals surface area contributed by atoms with Gasteiger partial charge in [-0.3, -0.25) is 0 Å². The van der Waals surface area contributed by atoms with Gasteiger partial charge >= 0.3 is 0 Å². The van der Waals surface area contributed by atoms with Crippen molar-refractivity contribution in [1.29, 1.82) is 5.26 Å². The summed E-state index contributed by atoms with van der Waals surface area (Å²) in [7, 11) is 0. The summed E-state index contributed by atoms with van der Waals surface area (Å²) in [6.45, 7) is 3.42. The van der Waals surface area contributed by atoms with E-state index in [-0.39, 0.29) is 0 Å². The Morgan fingerprint density at radius 3 is 2.69 bits per heavy atom. The Balaban J connectivity index is 3.35. The van der Waals surface area contributed by atoms with Crippen LogP contribution in [0.3, 0.4) is 0 Å². The third kappa shape index (κ3) is 1.81. The minimum atomic E-state index is -0.507. The van der Waals surface area contributed by atoms with Gasteiger partial charge in [0.2, 0.25) is 0 Å². The Hall–Kier alpha value is -1.07. The molecule has 0 bridgehead atoms. The van der Waals surface area contributed by atoms with Crippen LogP contribution in [0.15, 0.2) is 12.1 Å². The molecule has 3 heteroatoms. The molecule has 1 rings (SSSR count). The molecule has 1 atom stereocenters. The minimum absolute atomic E-state index is 0.296. The fourth-order valence-corrected chi connectivity index (χ4v) is 1.46. The van der Waals surface area contributed by atoms with Crippen molar-refractivity contribution in [3.63, 3.8) is 0 Å². The van der Waals surface area contributed by atoms with E-state index in [1.54, 1.807) is 19.9 Å². The van der Waals surface area contributed by atoms with Gasteiger partial charge in [0.15, 0.2) is 0 Å². The first-order valence-electron chi connectivity index (χ1n) is 3.92. The molecule has 0 spiro atoms. The van der Waals surface area contributed by atoms with Crippen LogP contribution < -0.4 is 0 Å². The van der Waals surface area contributed by atoms with Crippen LogP contribution in [0.25, 0.3) is 0 Å². The summed E-state index contributed by atoms with van der Waals surface area (Å²) in [4.78, 5) is 0. The average molecular weight is 198 g/mol. The molecule has 1 aromatic rings. The number of benzene rings is 1. The molecule has 1 unspecified atom stereocenters. The number of nitriles is 1. The van der Waals surface area contributed by atoms with Crippen LogP contribution in [0.1, 0.15) is 24.0 Å². The summed E-state index contributed by atoms with van der Waals surface area (Å²) in [6.07, 6.45) is 0. The molecule has 0 saturated heterocycles. The predicted octanol–water partition coefficient (Wildman–Crippen LogP) is 3.41. The topological polar surface area (TPSA) is 23.8 Å². The zero-order valence-electron chi connectivity index (χ0n) is 7.44.